The molecule has 1 aromatic carbocycles. The van der Waals surface area contributed by atoms with Crippen molar-refractivity contribution in [2.45, 2.75) is 45.7 Å². The minimum atomic E-state index is -0.313. The molecule has 0 fully saturated rings. The van der Waals surface area contributed by atoms with Crippen LogP contribution in [0.5, 0.6) is 0 Å². The minimum Gasteiger partial charge on any atom is -0.350 e. The summed E-state index contributed by atoms with van der Waals surface area (Å²) in [6.45, 7) is 7.81. The van der Waals surface area contributed by atoms with Crippen molar-refractivity contribution in [3.8, 4) is 0 Å². The quantitative estimate of drug-likeness (QED) is 0.854. The molecule has 2 rings (SSSR count). The Morgan fingerprint density at radius 1 is 1.27 bits per heavy atom. The summed E-state index contributed by atoms with van der Waals surface area (Å²) in [5, 5.41) is 5.72. The number of hydrogen-bond acceptors (Lipinski definition) is 4. The van der Waals surface area contributed by atoms with Crippen molar-refractivity contribution < 1.29 is 14.4 Å². The van der Waals surface area contributed by atoms with E-state index >= 15 is 0 Å². The first-order valence-electron chi connectivity index (χ1n) is 8.77. The van der Waals surface area contributed by atoms with Gasteiger partial charge in [0.1, 0.15) is 0 Å². The number of anilines is 2. The van der Waals surface area contributed by atoms with Crippen molar-refractivity contribution in [1.82, 2.24) is 10.2 Å². The average Bonchev–Trinajstić information content (AvgIpc) is 2.58. The standard InChI is InChI=1S/C19H28N4O3/c1-13-10-16(24)20-14-8-6-7-9-15(14)23(13)18(26)12-22(5)11-17(25)21-19(2,3)4/h6-9,13H,10-12H2,1-5H3,(H,20,24)(H,21,25)/t13-/m1/s1. The summed E-state index contributed by atoms with van der Waals surface area (Å²) in [5.41, 5.74) is 0.998. The van der Waals surface area contributed by atoms with Gasteiger partial charge < -0.3 is 15.5 Å². The van der Waals surface area contributed by atoms with Gasteiger partial charge in [-0.2, -0.15) is 0 Å². The van der Waals surface area contributed by atoms with Gasteiger partial charge in [0, 0.05) is 18.0 Å². The van der Waals surface area contributed by atoms with Crippen LogP contribution in [0.15, 0.2) is 24.3 Å². The van der Waals surface area contributed by atoms with Crippen molar-refractivity contribution in [2.75, 3.05) is 30.4 Å². The second-order valence-corrected chi connectivity index (χ2v) is 7.85. The average molecular weight is 360 g/mol. The molecule has 0 saturated carbocycles. The molecule has 0 spiro atoms. The van der Waals surface area contributed by atoms with Crippen LogP contribution in [0.2, 0.25) is 0 Å². The molecule has 0 aromatic heterocycles. The summed E-state index contributed by atoms with van der Waals surface area (Å²) in [6, 6.07) is 7.00. The van der Waals surface area contributed by atoms with Gasteiger partial charge in [-0.25, -0.2) is 0 Å². The number of carbonyl (C=O) groups excluding carboxylic acids is 3. The molecule has 3 amide bonds. The van der Waals surface area contributed by atoms with E-state index in [9.17, 15) is 14.4 Å². The molecule has 0 radical (unpaired) electrons. The van der Waals surface area contributed by atoms with Crippen LogP contribution >= 0.6 is 0 Å². The van der Waals surface area contributed by atoms with E-state index in [0.717, 1.165) is 0 Å². The lowest BCUT2D eigenvalue weighted by molar-refractivity contribution is -0.124. The van der Waals surface area contributed by atoms with Gasteiger partial charge in [-0.15, -0.1) is 0 Å². The fourth-order valence-electron chi connectivity index (χ4n) is 3.03. The van der Waals surface area contributed by atoms with Gasteiger partial charge in [-0.1, -0.05) is 12.1 Å². The first kappa shape index (κ1) is 19.9. The van der Waals surface area contributed by atoms with E-state index in [2.05, 4.69) is 10.6 Å². The summed E-state index contributed by atoms with van der Waals surface area (Å²) >= 11 is 0. The molecule has 0 unspecified atom stereocenters. The molecule has 1 heterocycles. The second kappa shape index (κ2) is 7.86. The number of rotatable bonds is 4. The summed E-state index contributed by atoms with van der Waals surface area (Å²) in [5.74, 6) is -0.389. The zero-order valence-electron chi connectivity index (χ0n) is 16.1. The first-order valence-corrected chi connectivity index (χ1v) is 8.77. The fourth-order valence-corrected chi connectivity index (χ4v) is 3.03. The Balaban J connectivity index is 2.10. The summed E-state index contributed by atoms with van der Waals surface area (Å²) < 4.78 is 0. The molecular formula is C19H28N4O3. The largest absolute Gasteiger partial charge is 0.350 e. The Morgan fingerprint density at radius 3 is 2.58 bits per heavy atom. The van der Waals surface area contributed by atoms with Crippen LogP contribution in [0.3, 0.4) is 0 Å². The number of nitrogens with zero attached hydrogens (tertiary/aromatic N) is 2. The minimum absolute atomic E-state index is 0.0877. The summed E-state index contributed by atoms with van der Waals surface area (Å²) in [7, 11) is 1.73. The maximum atomic E-state index is 12.9. The van der Waals surface area contributed by atoms with E-state index in [-0.39, 0.29) is 48.8 Å². The zero-order chi connectivity index (χ0) is 19.5. The van der Waals surface area contributed by atoms with Crippen LogP contribution in [0.1, 0.15) is 34.1 Å². The van der Waals surface area contributed by atoms with Crippen molar-refractivity contribution in [3.63, 3.8) is 0 Å². The maximum absolute atomic E-state index is 12.9. The highest BCUT2D eigenvalue weighted by Crippen LogP contribution is 2.31. The van der Waals surface area contributed by atoms with Gasteiger partial charge in [-0.3, -0.25) is 19.3 Å². The molecule has 2 N–H and O–H groups in total. The molecule has 1 aliphatic heterocycles. The highest BCUT2D eigenvalue weighted by molar-refractivity contribution is 6.05. The highest BCUT2D eigenvalue weighted by Gasteiger charge is 2.30. The van der Waals surface area contributed by atoms with E-state index in [1.54, 1.807) is 22.9 Å². The van der Waals surface area contributed by atoms with Crippen LogP contribution < -0.4 is 15.5 Å². The van der Waals surface area contributed by atoms with Crippen molar-refractivity contribution in [2.24, 2.45) is 0 Å². The SMILES string of the molecule is C[C@@H]1CC(=O)Nc2ccccc2N1C(=O)CN(C)CC(=O)NC(C)(C)C. The van der Waals surface area contributed by atoms with Gasteiger partial charge in [-0.05, 0) is 46.9 Å². The first-order chi connectivity index (χ1) is 12.1. The number of hydrogen-bond donors (Lipinski definition) is 2. The van der Waals surface area contributed by atoms with Gasteiger partial charge in [0.2, 0.25) is 17.7 Å². The predicted octanol–water partition coefficient (Wildman–Crippen LogP) is 1.60. The third kappa shape index (κ3) is 5.29. The van der Waals surface area contributed by atoms with Crippen LogP contribution in [0.25, 0.3) is 0 Å². The van der Waals surface area contributed by atoms with Crippen LogP contribution in [-0.2, 0) is 14.4 Å². The lowest BCUT2D eigenvalue weighted by Gasteiger charge is -2.30. The highest BCUT2D eigenvalue weighted by atomic mass is 16.2. The Morgan fingerprint density at radius 2 is 1.92 bits per heavy atom. The number of carbonyl (C=O) groups is 3. The van der Waals surface area contributed by atoms with Crippen molar-refractivity contribution >= 4 is 29.1 Å². The van der Waals surface area contributed by atoms with Crippen molar-refractivity contribution in [3.05, 3.63) is 24.3 Å². The predicted molar refractivity (Wildman–Crippen MR) is 102 cm³/mol. The zero-order valence-corrected chi connectivity index (χ0v) is 16.1. The number of para-hydroxylation sites is 2. The fraction of sp³-hybridized carbons (Fsp3) is 0.526. The molecule has 1 aromatic rings. The number of likely N-dealkylation sites (N-methyl/N-ethyl adjacent to an activating group) is 1. The molecule has 1 atom stereocenters. The normalized spacial score (nSPS) is 17.4. The van der Waals surface area contributed by atoms with E-state index < -0.39 is 0 Å². The monoisotopic (exact) mass is 360 g/mol. The van der Waals surface area contributed by atoms with Crippen LogP contribution in [0.4, 0.5) is 11.4 Å². The van der Waals surface area contributed by atoms with Gasteiger partial charge in [0.25, 0.3) is 0 Å². The molecule has 142 valence electrons. The second-order valence-electron chi connectivity index (χ2n) is 7.85. The number of benzene rings is 1. The van der Waals surface area contributed by atoms with E-state index in [1.165, 1.54) is 0 Å². The maximum Gasteiger partial charge on any atom is 0.241 e. The van der Waals surface area contributed by atoms with Crippen molar-refractivity contribution in [1.29, 1.82) is 0 Å². The van der Waals surface area contributed by atoms with E-state index in [4.69, 9.17) is 0 Å². The smallest absolute Gasteiger partial charge is 0.241 e. The molecule has 7 heteroatoms. The topological polar surface area (TPSA) is 81.8 Å². The summed E-state index contributed by atoms with van der Waals surface area (Å²) in [4.78, 5) is 40.3. The molecule has 0 bridgehead atoms. The number of fused-ring (bicyclic) bond motifs is 1. The Hall–Kier alpha value is -2.41. The summed E-state index contributed by atoms with van der Waals surface area (Å²) in [6.07, 6.45) is 0.231. The molecule has 0 saturated heterocycles. The number of amides is 3. The molecule has 0 aliphatic carbocycles. The van der Waals surface area contributed by atoms with Crippen LogP contribution in [0, 0.1) is 0 Å². The van der Waals surface area contributed by atoms with E-state index in [1.807, 2.05) is 45.9 Å². The Bertz CT molecular complexity index is 696. The third-order valence-electron chi connectivity index (χ3n) is 3.96. The molecule has 7 nitrogen and oxygen atoms in total. The molecule has 26 heavy (non-hydrogen) atoms. The number of nitrogens with one attached hydrogen (secondary N) is 2. The van der Waals surface area contributed by atoms with E-state index in [0.29, 0.717) is 11.4 Å². The molecular weight excluding hydrogens is 332 g/mol. The van der Waals surface area contributed by atoms with Crippen LogP contribution in [-0.4, -0.2) is 54.3 Å². The van der Waals surface area contributed by atoms with Gasteiger partial charge in [0.05, 0.1) is 24.5 Å². The van der Waals surface area contributed by atoms with Gasteiger partial charge >= 0.3 is 0 Å². The molecule has 1 aliphatic rings. The lowest BCUT2D eigenvalue weighted by Crippen LogP contribution is -2.48. The third-order valence-corrected chi connectivity index (χ3v) is 3.96. The Kier molecular flexibility index (Phi) is 6.02. The van der Waals surface area contributed by atoms with Gasteiger partial charge in [0.15, 0.2) is 0 Å². The lowest BCUT2D eigenvalue weighted by atomic mass is 10.1. The Labute approximate surface area is 154 Å².